The average molecular weight is 667 g/mol. The van der Waals surface area contributed by atoms with E-state index in [0.717, 1.165) is 45.8 Å². The number of fused-ring (bicyclic) bond motifs is 10. The zero-order valence-electron chi connectivity index (χ0n) is 27.5. The first-order chi connectivity index (χ1) is 24.7. The molecule has 6 aromatic carbocycles. The summed E-state index contributed by atoms with van der Waals surface area (Å²) in [5.41, 5.74) is 16.8. The molecule has 2 aliphatic heterocycles. The smallest absolute Gasteiger partial charge is 0.209 e. The van der Waals surface area contributed by atoms with Gasteiger partial charge in [-0.05, 0) is 66.2 Å². The molecule has 0 saturated carbocycles. The zero-order chi connectivity index (χ0) is 33.3. The summed E-state index contributed by atoms with van der Waals surface area (Å²) < 4.78 is 4.80. The van der Waals surface area contributed by atoms with E-state index in [1.54, 1.807) is 0 Å². The number of aliphatic imine (C=N–C) groups is 1. The van der Waals surface area contributed by atoms with Gasteiger partial charge in [-0.1, -0.05) is 110 Å². The lowest BCUT2D eigenvalue weighted by Gasteiger charge is -2.29. The van der Waals surface area contributed by atoms with Crippen LogP contribution in [-0.2, 0) is 0 Å². The van der Waals surface area contributed by atoms with Crippen molar-refractivity contribution in [3.63, 3.8) is 0 Å². The van der Waals surface area contributed by atoms with Gasteiger partial charge < -0.3 is 20.9 Å². The minimum atomic E-state index is -0.314. The molecule has 0 spiro atoms. The highest BCUT2D eigenvalue weighted by Gasteiger charge is 2.30. The number of hydrogen-bond donors (Lipinski definition) is 3. The van der Waals surface area contributed by atoms with Crippen LogP contribution in [0.15, 0.2) is 154 Å². The number of nitrogens with zero attached hydrogens (tertiary/aromatic N) is 3. The first kappa shape index (κ1) is 29.2. The van der Waals surface area contributed by atoms with Gasteiger partial charge in [-0.2, -0.15) is 0 Å². The predicted molar refractivity (Wildman–Crippen MR) is 208 cm³/mol. The van der Waals surface area contributed by atoms with Crippen molar-refractivity contribution in [1.29, 1.82) is 0 Å². The number of para-hydroxylation sites is 4. The SMILES string of the molecule is CC/C=C\NC(N)c1cccc(C2NC(n3c4ccccc4c4c5c6ccccc6n6c5c(cc43)Sc3ccccc3-6)=Nc3ccccc32)c1. The van der Waals surface area contributed by atoms with Gasteiger partial charge in [0.1, 0.15) is 6.17 Å². The molecular weight excluding hydrogens is 633 g/mol. The van der Waals surface area contributed by atoms with Crippen molar-refractivity contribution in [2.24, 2.45) is 10.7 Å². The fourth-order valence-corrected chi connectivity index (χ4v) is 8.97. The first-order valence-corrected chi connectivity index (χ1v) is 18.0. The average Bonchev–Trinajstić information content (AvgIpc) is 3.68. The summed E-state index contributed by atoms with van der Waals surface area (Å²) in [4.78, 5) is 7.83. The van der Waals surface area contributed by atoms with Crippen LogP contribution in [0.5, 0.6) is 0 Å². The number of nitrogens with two attached hydrogens (primary N) is 1. The molecule has 2 aromatic heterocycles. The quantitative estimate of drug-likeness (QED) is 0.160. The Morgan fingerprint density at radius 1 is 0.780 bits per heavy atom. The van der Waals surface area contributed by atoms with Crippen LogP contribution in [0.4, 0.5) is 5.69 Å². The van der Waals surface area contributed by atoms with Crippen molar-refractivity contribution in [3.8, 4) is 5.69 Å². The van der Waals surface area contributed by atoms with Crippen LogP contribution in [0.2, 0.25) is 0 Å². The lowest BCUT2D eigenvalue weighted by molar-refractivity contribution is 0.647. The zero-order valence-corrected chi connectivity index (χ0v) is 28.3. The van der Waals surface area contributed by atoms with Crippen molar-refractivity contribution in [3.05, 3.63) is 156 Å². The molecule has 0 radical (unpaired) electrons. The maximum absolute atomic E-state index is 6.59. The maximum Gasteiger partial charge on any atom is 0.209 e. The van der Waals surface area contributed by atoms with E-state index in [1.807, 2.05) is 18.0 Å². The highest BCUT2D eigenvalue weighted by atomic mass is 32.2. The fraction of sp³-hybridized carbons (Fsp3) is 0.0930. The number of rotatable bonds is 5. The maximum atomic E-state index is 6.59. The normalized spacial score (nSPS) is 15.7. The summed E-state index contributed by atoms with van der Waals surface area (Å²) in [6.07, 6.45) is 4.66. The van der Waals surface area contributed by atoms with E-state index in [2.05, 4.69) is 160 Å². The lowest BCUT2D eigenvalue weighted by atomic mass is 9.94. The highest BCUT2D eigenvalue weighted by Crippen LogP contribution is 2.51. The Kier molecular flexibility index (Phi) is 6.66. The van der Waals surface area contributed by atoms with E-state index in [1.165, 1.54) is 48.1 Å². The third kappa shape index (κ3) is 4.30. The number of nitrogens with one attached hydrogen (secondary N) is 2. The van der Waals surface area contributed by atoms with Gasteiger partial charge in [-0.3, -0.25) is 4.57 Å². The Bertz CT molecular complexity index is 2710. The van der Waals surface area contributed by atoms with E-state index in [-0.39, 0.29) is 12.2 Å². The second-order valence-corrected chi connectivity index (χ2v) is 14.0. The molecular formula is C43H34N6S. The number of benzene rings is 6. The van der Waals surface area contributed by atoms with Gasteiger partial charge in [0.2, 0.25) is 5.96 Å². The minimum Gasteiger partial charge on any atom is -0.372 e. The van der Waals surface area contributed by atoms with E-state index < -0.39 is 0 Å². The molecule has 0 amide bonds. The van der Waals surface area contributed by atoms with E-state index in [9.17, 15) is 0 Å². The molecule has 4 N–H and O–H groups in total. The van der Waals surface area contributed by atoms with Crippen LogP contribution in [0, 0.1) is 0 Å². The van der Waals surface area contributed by atoms with Gasteiger partial charge in [-0.15, -0.1) is 0 Å². The van der Waals surface area contributed by atoms with Gasteiger partial charge >= 0.3 is 0 Å². The third-order valence-electron chi connectivity index (χ3n) is 10.1. The van der Waals surface area contributed by atoms with Crippen molar-refractivity contribution in [2.45, 2.75) is 35.3 Å². The molecule has 2 aliphatic rings. The Hall–Kier alpha value is -5.76. The molecule has 0 bridgehead atoms. The molecule has 0 aliphatic carbocycles. The Balaban J connectivity index is 1.21. The molecule has 6 nitrogen and oxygen atoms in total. The second kappa shape index (κ2) is 11.4. The number of allylic oxidation sites excluding steroid dienone is 1. The van der Waals surface area contributed by atoms with E-state index >= 15 is 0 Å². The molecule has 4 heterocycles. The van der Waals surface area contributed by atoms with Crippen LogP contribution in [0.3, 0.4) is 0 Å². The van der Waals surface area contributed by atoms with Gasteiger partial charge in [0.25, 0.3) is 0 Å². The second-order valence-electron chi connectivity index (χ2n) is 13.0. The van der Waals surface area contributed by atoms with Crippen LogP contribution in [-0.4, -0.2) is 15.1 Å². The molecule has 0 saturated heterocycles. The van der Waals surface area contributed by atoms with Crippen LogP contribution < -0.4 is 16.4 Å². The summed E-state index contributed by atoms with van der Waals surface area (Å²) in [7, 11) is 0. The van der Waals surface area contributed by atoms with E-state index in [4.69, 9.17) is 10.7 Å². The molecule has 242 valence electrons. The fourth-order valence-electron chi connectivity index (χ4n) is 7.86. The lowest BCUT2D eigenvalue weighted by Crippen LogP contribution is -2.37. The Morgan fingerprint density at radius 2 is 1.52 bits per heavy atom. The molecule has 2 atom stereocenters. The minimum absolute atomic E-state index is 0.126. The number of aromatic nitrogens is 2. The predicted octanol–water partition coefficient (Wildman–Crippen LogP) is 10.1. The largest absolute Gasteiger partial charge is 0.372 e. The van der Waals surface area contributed by atoms with Gasteiger partial charge in [0.15, 0.2) is 0 Å². The molecule has 2 unspecified atom stereocenters. The summed E-state index contributed by atoms with van der Waals surface area (Å²) >= 11 is 1.85. The Labute approximate surface area is 293 Å². The topological polar surface area (TPSA) is 72.3 Å². The van der Waals surface area contributed by atoms with E-state index in [0.29, 0.717) is 0 Å². The Morgan fingerprint density at radius 3 is 2.38 bits per heavy atom. The highest BCUT2D eigenvalue weighted by molar-refractivity contribution is 7.99. The van der Waals surface area contributed by atoms with Crippen LogP contribution in [0.25, 0.3) is 49.3 Å². The van der Waals surface area contributed by atoms with Crippen LogP contribution >= 0.6 is 11.8 Å². The third-order valence-corrected chi connectivity index (χ3v) is 11.2. The van der Waals surface area contributed by atoms with Crippen molar-refractivity contribution >= 4 is 67.0 Å². The molecule has 8 aromatic rings. The van der Waals surface area contributed by atoms with Crippen LogP contribution in [0.1, 0.15) is 42.2 Å². The summed E-state index contributed by atoms with van der Waals surface area (Å²) in [5.74, 6) is 0.801. The monoisotopic (exact) mass is 666 g/mol. The first-order valence-electron chi connectivity index (χ1n) is 17.2. The van der Waals surface area contributed by atoms with Gasteiger partial charge in [-0.25, -0.2) is 4.99 Å². The molecule has 10 rings (SSSR count). The number of hydrogen-bond acceptors (Lipinski definition) is 5. The molecule has 0 fully saturated rings. The summed E-state index contributed by atoms with van der Waals surface area (Å²) in [6.45, 7) is 2.11. The van der Waals surface area contributed by atoms with Crippen molar-refractivity contribution in [2.75, 3.05) is 0 Å². The van der Waals surface area contributed by atoms with Gasteiger partial charge in [0, 0.05) is 36.9 Å². The molecule has 50 heavy (non-hydrogen) atoms. The van der Waals surface area contributed by atoms with Gasteiger partial charge in [0.05, 0.1) is 39.5 Å². The van der Waals surface area contributed by atoms with Crippen molar-refractivity contribution in [1.82, 2.24) is 19.8 Å². The summed E-state index contributed by atoms with van der Waals surface area (Å²) in [5, 5.41) is 12.2. The standard InChI is InChI=1S/C43H34N6S/c1-2-3-23-45-42(44)27-14-12-13-26(24-27)40-28-15-4-7-18-31(28)46-43(47-40)49-33-20-9-5-16-29(33)38-35(49)25-37-41-39(38)30-17-6-8-19-32(30)48(41)34-21-10-11-22-36(34)50-37/h3-25,40,42,45H,2,44H2,1H3,(H,46,47)/b23-3-. The summed E-state index contributed by atoms with van der Waals surface area (Å²) in [6, 6.07) is 45.6. The van der Waals surface area contributed by atoms with Crippen molar-refractivity contribution < 1.29 is 0 Å². The molecule has 7 heteroatoms.